The summed E-state index contributed by atoms with van der Waals surface area (Å²) in [6.45, 7) is 2.73. The highest BCUT2D eigenvalue weighted by Gasteiger charge is 2.37. The van der Waals surface area contributed by atoms with Crippen molar-refractivity contribution in [3.63, 3.8) is 0 Å². The lowest BCUT2D eigenvalue weighted by Gasteiger charge is -2.22. The van der Waals surface area contributed by atoms with E-state index in [0.717, 1.165) is 36.8 Å². The summed E-state index contributed by atoms with van der Waals surface area (Å²) in [6.07, 6.45) is 6.86. The highest BCUT2D eigenvalue weighted by atomic mass is 16.3. The fourth-order valence-electron chi connectivity index (χ4n) is 3.24. The molecular weight excluding hydrogens is 290 g/mol. The molecule has 2 N–H and O–H groups in total. The number of aliphatic hydroxyl groups is 1. The molecule has 1 aromatic heterocycles. The molecule has 2 aromatic rings. The largest absolute Gasteiger partial charge is 0.382 e. The van der Waals surface area contributed by atoms with E-state index in [4.69, 9.17) is 0 Å². The smallest absolute Gasteiger partial charge is 0.240 e. The van der Waals surface area contributed by atoms with Crippen LogP contribution in [0.4, 0.5) is 0 Å². The number of hydrogen-bond acceptors (Lipinski definition) is 3. The third-order valence-electron chi connectivity index (χ3n) is 4.61. The van der Waals surface area contributed by atoms with Crippen LogP contribution in [0.25, 0.3) is 0 Å². The van der Waals surface area contributed by atoms with Crippen LogP contribution in [0, 0.1) is 6.92 Å². The van der Waals surface area contributed by atoms with E-state index in [1.807, 2.05) is 31.2 Å². The first-order chi connectivity index (χ1) is 11.1. The van der Waals surface area contributed by atoms with Gasteiger partial charge in [0.05, 0.1) is 0 Å². The fourth-order valence-corrected chi connectivity index (χ4v) is 3.24. The van der Waals surface area contributed by atoms with E-state index in [1.165, 1.54) is 0 Å². The van der Waals surface area contributed by atoms with Crippen LogP contribution >= 0.6 is 0 Å². The standard InChI is InChI=1S/C18H23N3O2/c1-14-6-2-3-7-15(14)12-20-16(22)13-21-11-10-19-17(21)18(23)8-4-5-9-18/h2-3,6-7,10-11,23H,4-5,8-9,12-13H2,1H3,(H,20,22). The second kappa shape index (κ2) is 6.54. The van der Waals surface area contributed by atoms with Crippen LogP contribution in [0.2, 0.25) is 0 Å². The number of hydrogen-bond donors (Lipinski definition) is 2. The highest BCUT2D eigenvalue weighted by molar-refractivity contribution is 5.75. The van der Waals surface area contributed by atoms with Crippen molar-refractivity contribution in [3.8, 4) is 0 Å². The van der Waals surface area contributed by atoms with E-state index in [0.29, 0.717) is 12.4 Å². The van der Waals surface area contributed by atoms with Crippen molar-refractivity contribution in [2.75, 3.05) is 0 Å². The van der Waals surface area contributed by atoms with Crippen molar-refractivity contribution in [1.29, 1.82) is 0 Å². The number of aromatic nitrogens is 2. The number of amides is 1. The summed E-state index contributed by atoms with van der Waals surface area (Å²) >= 11 is 0. The van der Waals surface area contributed by atoms with Gasteiger partial charge in [0.2, 0.25) is 5.91 Å². The minimum atomic E-state index is -0.875. The molecule has 23 heavy (non-hydrogen) atoms. The first-order valence-electron chi connectivity index (χ1n) is 8.14. The second-order valence-electron chi connectivity index (χ2n) is 6.32. The van der Waals surface area contributed by atoms with Crippen molar-refractivity contribution < 1.29 is 9.90 Å². The van der Waals surface area contributed by atoms with Crippen molar-refractivity contribution in [1.82, 2.24) is 14.9 Å². The zero-order valence-corrected chi connectivity index (χ0v) is 13.5. The molecule has 0 aliphatic heterocycles. The quantitative estimate of drug-likeness (QED) is 0.890. The van der Waals surface area contributed by atoms with Gasteiger partial charge >= 0.3 is 0 Å². The molecule has 1 amide bonds. The van der Waals surface area contributed by atoms with Gasteiger partial charge in [-0.25, -0.2) is 4.98 Å². The molecule has 5 nitrogen and oxygen atoms in total. The van der Waals surface area contributed by atoms with Gasteiger partial charge in [-0.05, 0) is 43.7 Å². The Bertz CT molecular complexity index is 687. The molecule has 0 bridgehead atoms. The van der Waals surface area contributed by atoms with Gasteiger partial charge in [-0.1, -0.05) is 24.3 Å². The van der Waals surface area contributed by atoms with Gasteiger partial charge < -0.3 is 15.0 Å². The second-order valence-corrected chi connectivity index (χ2v) is 6.32. The molecule has 122 valence electrons. The van der Waals surface area contributed by atoms with E-state index < -0.39 is 5.60 Å². The predicted octanol–water partition coefficient (Wildman–Crippen LogP) is 2.27. The summed E-state index contributed by atoms with van der Waals surface area (Å²) in [7, 11) is 0. The van der Waals surface area contributed by atoms with Crippen LogP contribution in [0.15, 0.2) is 36.7 Å². The van der Waals surface area contributed by atoms with Crippen LogP contribution in [-0.4, -0.2) is 20.6 Å². The summed E-state index contributed by atoms with van der Waals surface area (Å²) in [6, 6.07) is 8.00. The number of nitrogens with one attached hydrogen (secondary N) is 1. The minimum Gasteiger partial charge on any atom is -0.382 e. The van der Waals surface area contributed by atoms with E-state index in [1.54, 1.807) is 17.0 Å². The molecule has 0 spiro atoms. The first-order valence-corrected chi connectivity index (χ1v) is 8.14. The number of aryl methyl sites for hydroxylation is 1. The van der Waals surface area contributed by atoms with Crippen LogP contribution in [0.3, 0.4) is 0 Å². The van der Waals surface area contributed by atoms with Crippen LogP contribution in [0.1, 0.15) is 42.6 Å². The van der Waals surface area contributed by atoms with E-state index in [2.05, 4.69) is 10.3 Å². The van der Waals surface area contributed by atoms with Gasteiger partial charge in [-0.3, -0.25) is 4.79 Å². The molecule has 1 aliphatic carbocycles. The third kappa shape index (κ3) is 3.45. The SMILES string of the molecule is Cc1ccccc1CNC(=O)Cn1ccnc1C1(O)CCCC1. The zero-order valence-electron chi connectivity index (χ0n) is 13.5. The Morgan fingerprint density at radius 1 is 1.35 bits per heavy atom. The third-order valence-corrected chi connectivity index (χ3v) is 4.61. The molecule has 1 saturated carbocycles. The summed E-state index contributed by atoms with van der Waals surface area (Å²) in [5, 5.41) is 13.6. The Kier molecular flexibility index (Phi) is 4.48. The normalized spacial score (nSPS) is 16.4. The lowest BCUT2D eigenvalue weighted by molar-refractivity contribution is -0.122. The molecule has 0 saturated heterocycles. The van der Waals surface area contributed by atoms with Crippen molar-refractivity contribution in [2.45, 2.75) is 51.3 Å². The predicted molar refractivity (Wildman–Crippen MR) is 87.6 cm³/mol. The maximum absolute atomic E-state index is 12.2. The number of nitrogens with zero attached hydrogens (tertiary/aromatic N) is 2. The number of carbonyl (C=O) groups is 1. The van der Waals surface area contributed by atoms with Gasteiger partial charge in [0.1, 0.15) is 18.0 Å². The van der Waals surface area contributed by atoms with Gasteiger partial charge in [0.25, 0.3) is 0 Å². The fraction of sp³-hybridized carbons (Fsp3) is 0.444. The molecule has 5 heteroatoms. The number of benzene rings is 1. The van der Waals surface area contributed by atoms with Gasteiger partial charge in [-0.15, -0.1) is 0 Å². The lowest BCUT2D eigenvalue weighted by atomic mass is 10.0. The average molecular weight is 313 g/mol. The van der Waals surface area contributed by atoms with Crippen molar-refractivity contribution in [2.24, 2.45) is 0 Å². The topological polar surface area (TPSA) is 67.2 Å². The van der Waals surface area contributed by atoms with Gasteiger partial charge in [0.15, 0.2) is 0 Å². The first kappa shape index (κ1) is 15.7. The van der Waals surface area contributed by atoms with Crippen molar-refractivity contribution >= 4 is 5.91 Å². The van der Waals surface area contributed by atoms with E-state index >= 15 is 0 Å². The Hall–Kier alpha value is -2.14. The Morgan fingerprint density at radius 2 is 2.09 bits per heavy atom. The maximum atomic E-state index is 12.2. The summed E-state index contributed by atoms with van der Waals surface area (Å²) in [4.78, 5) is 16.5. The number of imidazole rings is 1. The molecule has 3 rings (SSSR count). The zero-order chi connectivity index (χ0) is 16.3. The van der Waals surface area contributed by atoms with Crippen LogP contribution in [-0.2, 0) is 23.5 Å². The molecule has 1 aliphatic rings. The monoisotopic (exact) mass is 313 g/mol. The highest BCUT2D eigenvalue weighted by Crippen LogP contribution is 2.37. The van der Waals surface area contributed by atoms with E-state index in [9.17, 15) is 9.90 Å². The summed E-state index contributed by atoms with van der Waals surface area (Å²) < 4.78 is 1.76. The molecule has 1 heterocycles. The molecule has 0 unspecified atom stereocenters. The molecule has 1 aromatic carbocycles. The number of carbonyl (C=O) groups excluding carboxylic acids is 1. The van der Waals surface area contributed by atoms with Gasteiger partial charge in [0, 0.05) is 18.9 Å². The van der Waals surface area contributed by atoms with Gasteiger partial charge in [-0.2, -0.15) is 0 Å². The van der Waals surface area contributed by atoms with Crippen molar-refractivity contribution in [3.05, 3.63) is 53.6 Å². The van der Waals surface area contributed by atoms with Crippen LogP contribution < -0.4 is 5.32 Å². The molecule has 1 fully saturated rings. The summed E-state index contributed by atoms with van der Waals surface area (Å²) in [5.74, 6) is 0.537. The Balaban J connectivity index is 1.63. The van der Waals surface area contributed by atoms with E-state index in [-0.39, 0.29) is 12.5 Å². The molecule has 0 radical (unpaired) electrons. The molecular formula is C18H23N3O2. The lowest BCUT2D eigenvalue weighted by Crippen LogP contribution is -2.31. The average Bonchev–Trinajstić information content (AvgIpc) is 3.16. The van der Waals surface area contributed by atoms with Crippen LogP contribution in [0.5, 0.6) is 0 Å². The number of rotatable bonds is 5. The molecule has 0 atom stereocenters. The Labute approximate surface area is 136 Å². The summed E-state index contributed by atoms with van der Waals surface area (Å²) in [5.41, 5.74) is 1.40. The minimum absolute atomic E-state index is 0.0749. The Morgan fingerprint density at radius 3 is 2.83 bits per heavy atom. The maximum Gasteiger partial charge on any atom is 0.240 e.